The Labute approximate surface area is 114 Å². The lowest BCUT2D eigenvalue weighted by atomic mass is 10.0. The lowest BCUT2D eigenvalue weighted by Crippen LogP contribution is -2.29. The maximum atomic E-state index is 11.1. The van der Waals surface area contributed by atoms with Gasteiger partial charge in [0.05, 0.1) is 0 Å². The van der Waals surface area contributed by atoms with Crippen molar-refractivity contribution in [3.63, 3.8) is 0 Å². The highest BCUT2D eigenvalue weighted by Crippen LogP contribution is 2.11. The Morgan fingerprint density at radius 2 is 1.56 bits per heavy atom. The van der Waals surface area contributed by atoms with E-state index in [0.29, 0.717) is 11.8 Å². The van der Waals surface area contributed by atoms with Crippen molar-refractivity contribution >= 4 is 9.84 Å². The van der Waals surface area contributed by atoms with E-state index in [4.69, 9.17) is 0 Å². The summed E-state index contributed by atoms with van der Waals surface area (Å²) in [6, 6.07) is 0.498. The van der Waals surface area contributed by atoms with Gasteiger partial charge in [0.2, 0.25) is 0 Å². The molecule has 3 nitrogen and oxygen atoms in total. The minimum absolute atomic E-state index is 0.324. The summed E-state index contributed by atoms with van der Waals surface area (Å²) >= 11 is 0. The molecule has 0 aromatic rings. The zero-order valence-corrected chi connectivity index (χ0v) is 13.2. The van der Waals surface area contributed by atoms with Gasteiger partial charge in [0.15, 0.2) is 0 Å². The highest BCUT2D eigenvalue weighted by atomic mass is 32.2. The van der Waals surface area contributed by atoms with Gasteiger partial charge in [-0.3, -0.25) is 0 Å². The van der Waals surface area contributed by atoms with Gasteiger partial charge < -0.3 is 5.32 Å². The second-order valence-corrected chi connectivity index (χ2v) is 7.49. The summed E-state index contributed by atoms with van der Waals surface area (Å²) in [7, 11) is -2.80. The number of sulfone groups is 1. The molecular formula is C14H31NO2S. The van der Waals surface area contributed by atoms with E-state index in [-0.39, 0.29) is 0 Å². The van der Waals surface area contributed by atoms with Crippen LogP contribution in [0.1, 0.15) is 65.2 Å². The van der Waals surface area contributed by atoms with Gasteiger partial charge in [-0.2, -0.15) is 0 Å². The zero-order chi connectivity index (χ0) is 13.9. The van der Waals surface area contributed by atoms with Crippen molar-refractivity contribution < 1.29 is 8.42 Å². The van der Waals surface area contributed by atoms with Crippen LogP contribution >= 0.6 is 0 Å². The predicted molar refractivity (Wildman–Crippen MR) is 79.8 cm³/mol. The number of unbranched alkanes of at least 4 members (excludes halogenated alkanes) is 4. The zero-order valence-electron chi connectivity index (χ0n) is 12.4. The van der Waals surface area contributed by atoms with Crippen molar-refractivity contribution in [3.8, 4) is 0 Å². The third kappa shape index (κ3) is 12.4. The first-order valence-corrected chi connectivity index (χ1v) is 9.46. The molecule has 0 aromatic carbocycles. The smallest absolute Gasteiger partial charge is 0.147 e. The van der Waals surface area contributed by atoms with E-state index < -0.39 is 9.84 Å². The number of hydrogen-bond donors (Lipinski definition) is 1. The topological polar surface area (TPSA) is 46.2 Å². The lowest BCUT2D eigenvalue weighted by Gasteiger charge is -2.17. The van der Waals surface area contributed by atoms with Crippen LogP contribution in [0.3, 0.4) is 0 Å². The Morgan fingerprint density at radius 1 is 0.944 bits per heavy atom. The molecule has 0 heterocycles. The first-order chi connectivity index (χ1) is 8.49. The molecule has 1 atom stereocenters. The van der Waals surface area contributed by atoms with E-state index in [1.54, 1.807) is 0 Å². The van der Waals surface area contributed by atoms with Crippen LogP contribution in [0.25, 0.3) is 0 Å². The third-order valence-electron chi connectivity index (χ3n) is 3.22. The molecule has 110 valence electrons. The van der Waals surface area contributed by atoms with Crippen molar-refractivity contribution in [3.05, 3.63) is 0 Å². The molecule has 0 fully saturated rings. The fraction of sp³-hybridized carbons (Fsp3) is 1.00. The predicted octanol–water partition coefficient (Wildman–Crippen LogP) is 3.15. The van der Waals surface area contributed by atoms with Crippen molar-refractivity contribution in [1.29, 1.82) is 0 Å². The Bertz CT molecular complexity index is 276. The van der Waals surface area contributed by atoms with Gasteiger partial charge in [-0.15, -0.1) is 0 Å². The first-order valence-electron chi connectivity index (χ1n) is 7.40. The molecule has 0 aliphatic heterocycles. The van der Waals surface area contributed by atoms with Crippen LogP contribution in [0.5, 0.6) is 0 Å². The van der Waals surface area contributed by atoms with Crippen LogP contribution in [0.4, 0.5) is 0 Å². The van der Waals surface area contributed by atoms with Gasteiger partial charge in [0.1, 0.15) is 9.84 Å². The quantitative estimate of drug-likeness (QED) is 0.557. The van der Waals surface area contributed by atoms with E-state index in [2.05, 4.69) is 19.2 Å². The lowest BCUT2D eigenvalue weighted by molar-refractivity contribution is 0.436. The molecule has 0 radical (unpaired) electrons. The molecule has 0 saturated carbocycles. The summed E-state index contributed by atoms with van der Waals surface area (Å²) in [4.78, 5) is 0. The molecule has 0 aliphatic rings. The van der Waals surface area contributed by atoms with Gasteiger partial charge >= 0.3 is 0 Å². The number of nitrogens with one attached hydrogen (secondary N) is 1. The molecule has 0 aliphatic carbocycles. The normalized spacial score (nSPS) is 13.7. The maximum absolute atomic E-state index is 11.1. The molecule has 4 heteroatoms. The van der Waals surface area contributed by atoms with E-state index in [0.717, 1.165) is 19.4 Å². The summed E-state index contributed by atoms with van der Waals surface area (Å²) in [5.41, 5.74) is 0. The monoisotopic (exact) mass is 277 g/mol. The van der Waals surface area contributed by atoms with Crippen molar-refractivity contribution in [2.45, 2.75) is 71.3 Å². The first kappa shape index (κ1) is 17.9. The third-order valence-corrected chi connectivity index (χ3v) is 4.25. The summed E-state index contributed by atoms with van der Waals surface area (Å²) < 4.78 is 22.2. The minimum atomic E-state index is -2.80. The van der Waals surface area contributed by atoms with Crippen LogP contribution in [-0.4, -0.2) is 33.0 Å². The largest absolute Gasteiger partial charge is 0.314 e. The molecule has 0 amide bonds. The van der Waals surface area contributed by atoms with Crippen LogP contribution < -0.4 is 5.32 Å². The van der Waals surface area contributed by atoms with Gasteiger partial charge in [-0.25, -0.2) is 8.42 Å². The summed E-state index contributed by atoms with van der Waals surface area (Å²) in [5, 5.41) is 3.46. The highest BCUT2D eigenvalue weighted by Gasteiger charge is 2.09. The van der Waals surface area contributed by atoms with Crippen molar-refractivity contribution in [2.24, 2.45) is 0 Å². The summed E-state index contributed by atoms with van der Waals surface area (Å²) in [6.07, 6.45) is 10.8. The second kappa shape index (κ2) is 10.8. The van der Waals surface area contributed by atoms with Gasteiger partial charge in [0, 0.05) is 18.1 Å². The standard InChI is InChI=1S/C14H31NO2S/c1-4-6-7-8-9-11-14(15-5-2)12-10-13-18(3,16)17/h14-15H,4-13H2,1-3H3. The molecule has 0 rings (SSSR count). The van der Waals surface area contributed by atoms with E-state index in [1.165, 1.54) is 44.8 Å². The second-order valence-electron chi connectivity index (χ2n) is 5.23. The molecule has 1 unspecified atom stereocenters. The molecule has 0 aromatic heterocycles. The summed E-state index contributed by atoms with van der Waals surface area (Å²) in [6.45, 7) is 5.31. The number of rotatable bonds is 12. The van der Waals surface area contributed by atoms with Crippen LogP contribution in [-0.2, 0) is 9.84 Å². The molecule has 0 saturated heterocycles. The fourth-order valence-corrected chi connectivity index (χ4v) is 2.91. The molecular weight excluding hydrogens is 246 g/mol. The minimum Gasteiger partial charge on any atom is -0.314 e. The van der Waals surface area contributed by atoms with Crippen LogP contribution in [0, 0.1) is 0 Å². The molecule has 1 N–H and O–H groups in total. The number of hydrogen-bond acceptors (Lipinski definition) is 3. The molecule has 0 bridgehead atoms. The molecule has 0 spiro atoms. The SMILES string of the molecule is CCCCCCCC(CCCS(C)(=O)=O)NCC. The van der Waals surface area contributed by atoms with Crippen LogP contribution in [0.15, 0.2) is 0 Å². The van der Waals surface area contributed by atoms with Crippen LogP contribution in [0.2, 0.25) is 0 Å². The van der Waals surface area contributed by atoms with Gasteiger partial charge in [-0.1, -0.05) is 46.0 Å². The molecule has 18 heavy (non-hydrogen) atoms. The maximum Gasteiger partial charge on any atom is 0.147 e. The van der Waals surface area contributed by atoms with Gasteiger partial charge in [-0.05, 0) is 25.8 Å². The summed E-state index contributed by atoms with van der Waals surface area (Å²) in [5.74, 6) is 0.324. The average molecular weight is 277 g/mol. The Hall–Kier alpha value is -0.0900. The van der Waals surface area contributed by atoms with Crippen molar-refractivity contribution in [2.75, 3.05) is 18.6 Å². The Morgan fingerprint density at radius 3 is 2.11 bits per heavy atom. The average Bonchev–Trinajstić information content (AvgIpc) is 2.27. The van der Waals surface area contributed by atoms with Gasteiger partial charge in [0.25, 0.3) is 0 Å². The Kier molecular flexibility index (Phi) is 10.7. The van der Waals surface area contributed by atoms with Crippen molar-refractivity contribution in [1.82, 2.24) is 5.32 Å². The van der Waals surface area contributed by atoms with E-state index >= 15 is 0 Å². The highest BCUT2D eigenvalue weighted by molar-refractivity contribution is 7.90. The van der Waals surface area contributed by atoms with E-state index in [1.807, 2.05) is 0 Å². The Balaban J connectivity index is 3.71. The van der Waals surface area contributed by atoms with E-state index in [9.17, 15) is 8.42 Å². The fourth-order valence-electron chi connectivity index (χ4n) is 2.22.